The fourth-order valence-electron chi connectivity index (χ4n) is 0.475. The second-order valence-corrected chi connectivity index (χ2v) is 2.04. The quantitative estimate of drug-likeness (QED) is 0.459. The van der Waals surface area contributed by atoms with Gasteiger partial charge in [0.25, 0.3) is 0 Å². The first-order valence-corrected chi connectivity index (χ1v) is 3.17. The number of rotatable bonds is 2. The summed E-state index contributed by atoms with van der Waals surface area (Å²) in [6.45, 7) is 3.75. The Hall–Kier alpha value is -0.990. The summed E-state index contributed by atoms with van der Waals surface area (Å²) in [6.07, 6.45) is 0.779. The zero-order chi connectivity index (χ0) is 8.15. The Morgan fingerprint density at radius 3 is 2.40 bits per heavy atom. The molecule has 0 aromatic heterocycles. The van der Waals surface area contributed by atoms with Crippen molar-refractivity contribution in [1.29, 1.82) is 0 Å². The first kappa shape index (κ1) is 9.01. The summed E-state index contributed by atoms with van der Waals surface area (Å²) in [6, 6.07) is 0. The van der Waals surface area contributed by atoms with Crippen molar-refractivity contribution in [2.24, 2.45) is 5.73 Å². The van der Waals surface area contributed by atoms with Crippen molar-refractivity contribution in [2.45, 2.75) is 20.3 Å². The number of carbonyl (C=O) groups excluding carboxylic acids is 1. The summed E-state index contributed by atoms with van der Waals surface area (Å²) < 4.78 is 4.41. The maximum atomic E-state index is 10.7. The van der Waals surface area contributed by atoms with E-state index in [1.54, 1.807) is 0 Å². The van der Waals surface area contributed by atoms with E-state index in [1.165, 1.54) is 7.11 Å². The van der Waals surface area contributed by atoms with Crippen LogP contribution in [0.3, 0.4) is 0 Å². The number of methoxy groups -OCH3 is 1. The molecule has 0 aliphatic heterocycles. The molecule has 0 radical (unpaired) electrons. The van der Waals surface area contributed by atoms with Crippen molar-refractivity contribution in [3.8, 4) is 0 Å². The lowest BCUT2D eigenvalue weighted by Gasteiger charge is -2.01. The van der Waals surface area contributed by atoms with E-state index in [-0.39, 0.29) is 5.70 Å². The summed E-state index contributed by atoms with van der Waals surface area (Å²) in [4.78, 5) is 10.7. The standard InChI is InChI=1S/C7H13NO2/c1-4-5(2)6(8)7(9)10-3/h4,8H2,1-3H3/b6-5+. The van der Waals surface area contributed by atoms with E-state index >= 15 is 0 Å². The molecular weight excluding hydrogens is 130 g/mol. The van der Waals surface area contributed by atoms with Gasteiger partial charge in [0.15, 0.2) is 0 Å². The highest BCUT2D eigenvalue weighted by molar-refractivity contribution is 5.87. The summed E-state index contributed by atoms with van der Waals surface area (Å²) in [5.41, 5.74) is 6.48. The molecule has 0 aromatic carbocycles. The highest BCUT2D eigenvalue weighted by Gasteiger charge is 2.05. The van der Waals surface area contributed by atoms with E-state index < -0.39 is 5.97 Å². The van der Waals surface area contributed by atoms with Crippen molar-refractivity contribution in [1.82, 2.24) is 0 Å². The van der Waals surface area contributed by atoms with Crippen LogP contribution in [-0.2, 0) is 9.53 Å². The van der Waals surface area contributed by atoms with Gasteiger partial charge in [-0.15, -0.1) is 0 Å². The molecule has 0 saturated heterocycles. The number of hydrogen-bond acceptors (Lipinski definition) is 3. The van der Waals surface area contributed by atoms with Gasteiger partial charge in [0.2, 0.25) is 0 Å². The van der Waals surface area contributed by atoms with Gasteiger partial charge in [-0.1, -0.05) is 6.92 Å². The minimum Gasteiger partial charge on any atom is -0.464 e. The van der Waals surface area contributed by atoms with E-state index in [4.69, 9.17) is 5.73 Å². The summed E-state index contributed by atoms with van der Waals surface area (Å²) in [5, 5.41) is 0. The SMILES string of the molecule is CC/C(C)=C(/N)C(=O)OC. The van der Waals surface area contributed by atoms with Crippen molar-refractivity contribution < 1.29 is 9.53 Å². The van der Waals surface area contributed by atoms with E-state index in [0.29, 0.717) is 0 Å². The lowest BCUT2D eigenvalue weighted by atomic mass is 10.2. The Morgan fingerprint density at radius 2 is 2.10 bits per heavy atom. The molecule has 0 aromatic rings. The Balaban J connectivity index is 4.30. The zero-order valence-electron chi connectivity index (χ0n) is 6.60. The molecule has 58 valence electrons. The number of esters is 1. The first-order chi connectivity index (χ1) is 4.63. The molecule has 0 rings (SSSR count). The van der Waals surface area contributed by atoms with Crippen molar-refractivity contribution in [2.75, 3.05) is 7.11 Å². The fraction of sp³-hybridized carbons (Fsp3) is 0.571. The molecule has 0 aliphatic carbocycles. The predicted molar refractivity (Wildman–Crippen MR) is 39.2 cm³/mol. The Labute approximate surface area is 60.9 Å². The maximum Gasteiger partial charge on any atom is 0.353 e. The van der Waals surface area contributed by atoms with E-state index in [2.05, 4.69) is 4.74 Å². The molecule has 10 heavy (non-hydrogen) atoms. The third kappa shape index (κ3) is 2.09. The Bertz CT molecular complexity index is 161. The summed E-state index contributed by atoms with van der Waals surface area (Å²) in [5.74, 6) is -0.445. The molecule has 0 aliphatic rings. The lowest BCUT2D eigenvalue weighted by Crippen LogP contribution is -2.14. The van der Waals surface area contributed by atoms with E-state index in [0.717, 1.165) is 12.0 Å². The highest BCUT2D eigenvalue weighted by Crippen LogP contribution is 2.03. The van der Waals surface area contributed by atoms with Crippen LogP contribution in [0.4, 0.5) is 0 Å². The van der Waals surface area contributed by atoms with E-state index in [1.807, 2.05) is 13.8 Å². The minimum atomic E-state index is -0.445. The van der Waals surface area contributed by atoms with Crippen molar-refractivity contribution in [3.05, 3.63) is 11.3 Å². The maximum absolute atomic E-state index is 10.7. The molecule has 0 atom stereocenters. The smallest absolute Gasteiger partial charge is 0.353 e. The molecule has 0 saturated carbocycles. The molecule has 3 nitrogen and oxygen atoms in total. The van der Waals surface area contributed by atoms with Crippen molar-refractivity contribution in [3.63, 3.8) is 0 Å². The molecule has 0 unspecified atom stereocenters. The number of hydrogen-bond donors (Lipinski definition) is 1. The second kappa shape index (κ2) is 3.93. The topological polar surface area (TPSA) is 52.3 Å². The van der Waals surface area contributed by atoms with Gasteiger partial charge < -0.3 is 10.5 Å². The van der Waals surface area contributed by atoms with Crippen LogP contribution in [0, 0.1) is 0 Å². The van der Waals surface area contributed by atoms with Crippen LogP contribution in [0.15, 0.2) is 11.3 Å². The predicted octanol–water partition coefficient (Wildman–Crippen LogP) is 0.802. The third-order valence-electron chi connectivity index (χ3n) is 1.40. The molecule has 3 heteroatoms. The highest BCUT2D eigenvalue weighted by atomic mass is 16.5. The average molecular weight is 143 g/mol. The first-order valence-electron chi connectivity index (χ1n) is 3.17. The molecule has 2 N–H and O–H groups in total. The van der Waals surface area contributed by atoms with Gasteiger partial charge in [-0.2, -0.15) is 0 Å². The van der Waals surface area contributed by atoms with Gasteiger partial charge in [-0.25, -0.2) is 4.79 Å². The molecule has 0 heterocycles. The molecule has 0 amide bonds. The van der Waals surface area contributed by atoms with Crippen LogP contribution in [0.1, 0.15) is 20.3 Å². The Morgan fingerprint density at radius 1 is 1.60 bits per heavy atom. The number of allylic oxidation sites excluding steroid dienone is 1. The molecule has 0 spiro atoms. The number of carbonyl (C=O) groups is 1. The van der Waals surface area contributed by atoms with Crippen LogP contribution in [0.25, 0.3) is 0 Å². The molecular formula is C7H13NO2. The van der Waals surface area contributed by atoms with Gasteiger partial charge >= 0.3 is 5.97 Å². The van der Waals surface area contributed by atoms with Gasteiger partial charge in [0.1, 0.15) is 5.70 Å². The van der Waals surface area contributed by atoms with Crippen LogP contribution < -0.4 is 5.73 Å². The second-order valence-electron chi connectivity index (χ2n) is 2.04. The van der Waals surface area contributed by atoms with Crippen LogP contribution >= 0.6 is 0 Å². The van der Waals surface area contributed by atoms with E-state index in [9.17, 15) is 4.79 Å². The average Bonchev–Trinajstić information content (AvgIpc) is 2.00. The summed E-state index contributed by atoms with van der Waals surface area (Å²) >= 11 is 0. The Kier molecular flexibility index (Phi) is 3.54. The molecule has 0 bridgehead atoms. The molecule has 0 fully saturated rings. The summed E-state index contributed by atoms with van der Waals surface area (Å²) in [7, 11) is 1.32. The van der Waals surface area contributed by atoms with Crippen LogP contribution in [0.5, 0.6) is 0 Å². The monoisotopic (exact) mass is 143 g/mol. The fourth-order valence-corrected chi connectivity index (χ4v) is 0.475. The van der Waals surface area contributed by atoms with Gasteiger partial charge in [-0.05, 0) is 18.9 Å². The third-order valence-corrected chi connectivity index (χ3v) is 1.40. The zero-order valence-corrected chi connectivity index (χ0v) is 6.60. The normalized spacial score (nSPS) is 12.3. The minimum absolute atomic E-state index is 0.227. The van der Waals surface area contributed by atoms with Gasteiger partial charge in [0, 0.05) is 0 Å². The van der Waals surface area contributed by atoms with Crippen LogP contribution in [0.2, 0.25) is 0 Å². The van der Waals surface area contributed by atoms with Gasteiger partial charge in [0.05, 0.1) is 7.11 Å². The van der Waals surface area contributed by atoms with Crippen molar-refractivity contribution >= 4 is 5.97 Å². The number of ether oxygens (including phenoxy) is 1. The van der Waals surface area contributed by atoms with Crippen LogP contribution in [-0.4, -0.2) is 13.1 Å². The lowest BCUT2D eigenvalue weighted by molar-refractivity contribution is -0.136. The van der Waals surface area contributed by atoms with Gasteiger partial charge in [-0.3, -0.25) is 0 Å². The largest absolute Gasteiger partial charge is 0.464 e. The number of nitrogens with two attached hydrogens (primary N) is 1.